The van der Waals surface area contributed by atoms with Gasteiger partial charge in [-0.15, -0.1) is 0 Å². The number of nitrogens with zero attached hydrogens (tertiary/aromatic N) is 2. The molecule has 0 spiro atoms. The molecule has 12 aromatic rings. The van der Waals surface area contributed by atoms with Crippen LogP contribution in [0.25, 0.3) is 55.0 Å². The fourth-order valence-electron chi connectivity index (χ4n) is 11.5. The summed E-state index contributed by atoms with van der Waals surface area (Å²) >= 11 is -3.57. The second-order valence-electron chi connectivity index (χ2n) is 17.5. The second kappa shape index (κ2) is 14.5. The molecule has 6 heteroatoms. The number of benzene rings is 10. The Morgan fingerprint density at radius 3 is 1.39 bits per heavy atom. The Morgan fingerprint density at radius 1 is 0.333 bits per heavy atom. The molecule has 0 radical (unpaired) electrons. The minimum atomic E-state index is -3.57. The number of fused-ring (bicyclic) bond motifs is 10. The van der Waals surface area contributed by atoms with Crippen molar-refractivity contribution in [2.75, 3.05) is 0 Å². The van der Waals surface area contributed by atoms with Gasteiger partial charge in [0.2, 0.25) is 0 Å². The maximum absolute atomic E-state index is 6.86. The molecule has 14 rings (SSSR count). The summed E-state index contributed by atoms with van der Waals surface area (Å²) in [5, 5.41) is 4.83. The molecule has 2 aliphatic rings. The van der Waals surface area contributed by atoms with E-state index in [-0.39, 0.29) is 6.71 Å². The van der Waals surface area contributed by atoms with Crippen LogP contribution < -0.4 is 43.4 Å². The topological polar surface area (TPSA) is 28.3 Å². The third-order valence-electron chi connectivity index (χ3n) is 14.2. The predicted molar refractivity (Wildman–Crippen MR) is 276 cm³/mol. The number of rotatable bonds is 6. The average Bonchev–Trinajstić information content (AvgIpc) is 3.90. The molecule has 0 aliphatic carbocycles. The molecule has 0 bridgehead atoms. The zero-order chi connectivity index (χ0) is 43.3. The van der Waals surface area contributed by atoms with Crippen molar-refractivity contribution in [2.24, 2.45) is 0 Å². The van der Waals surface area contributed by atoms with Gasteiger partial charge < -0.3 is 0 Å². The van der Waals surface area contributed by atoms with E-state index >= 15 is 0 Å². The van der Waals surface area contributed by atoms with Gasteiger partial charge in [0.15, 0.2) is 0 Å². The van der Waals surface area contributed by atoms with Crippen molar-refractivity contribution in [2.45, 2.75) is 0 Å². The molecule has 66 heavy (non-hydrogen) atoms. The van der Waals surface area contributed by atoms with Gasteiger partial charge in [0.1, 0.15) is 11.5 Å². The third kappa shape index (κ3) is 5.29. The van der Waals surface area contributed by atoms with Crippen molar-refractivity contribution in [3.05, 3.63) is 237 Å². The van der Waals surface area contributed by atoms with E-state index in [2.05, 4.69) is 246 Å². The fraction of sp³-hybridized carbons (Fsp3) is 0. The zero-order valence-electron chi connectivity index (χ0n) is 35.8. The number of aromatic nitrogens is 2. The molecule has 0 saturated heterocycles. The molecule has 0 atom stereocenters. The SMILES string of the molecule is c1cc[c]([Ge]([c]2ccccc2)([c]2ccccc2)[c]2ccc3c(c2)c2ccccc2n3-c2cccc3c4ccccc4n(-c4cc5c6c(c4)Oc4ccccc4B6c4ccccc4O5)c23)cc1. The monoisotopic (exact) mass is 904 g/mol. The molecule has 2 aliphatic heterocycles. The summed E-state index contributed by atoms with van der Waals surface area (Å²) in [6, 6.07) is 86.9. The van der Waals surface area contributed by atoms with Crippen LogP contribution in [0.2, 0.25) is 0 Å². The molecule has 0 N–H and O–H groups in total. The quantitative estimate of drug-likeness (QED) is 0.156. The van der Waals surface area contributed by atoms with Crippen LogP contribution in [0.5, 0.6) is 23.0 Å². The van der Waals surface area contributed by atoms with Crippen molar-refractivity contribution in [3.63, 3.8) is 0 Å². The number of hydrogen-bond acceptors (Lipinski definition) is 2. The summed E-state index contributed by atoms with van der Waals surface area (Å²) in [4.78, 5) is 0. The zero-order valence-corrected chi connectivity index (χ0v) is 37.9. The van der Waals surface area contributed by atoms with Crippen LogP contribution in [0.4, 0.5) is 0 Å². The first kappa shape index (κ1) is 37.4. The number of para-hydroxylation sites is 5. The van der Waals surface area contributed by atoms with Crippen LogP contribution in [-0.4, -0.2) is 29.1 Å². The maximum atomic E-state index is 6.86. The van der Waals surface area contributed by atoms with Gasteiger partial charge in [0.25, 0.3) is 6.71 Å². The standard InChI is InChI=1S/C60H39BGeN2O2/c1-4-19-40(20-5-1)62(41-21-6-2-7-22-41,42-23-8-3-9-24-42)43-35-36-53-48(37-43)46-26-11-15-31-52(46)64(53)54-32-18-27-47-45-25-10-14-30-51(45)63(60(47)54)44-38-57-59-58(39-44)66-56-34-17-13-29-50(56)61(59)49-28-12-16-33-55(49)65-57/h1-39H. The first-order valence-electron chi connectivity index (χ1n) is 22.7. The summed E-state index contributed by atoms with van der Waals surface area (Å²) in [5.74, 6) is 3.39. The number of hydrogen-bond donors (Lipinski definition) is 0. The van der Waals surface area contributed by atoms with Crippen LogP contribution >= 0.6 is 0 Å². The van der Waals surface area contributed by atoms with Crippen molar-refractivity contribution >= 4 is 97.6 Å². The van der Waals surface area contributed by atoms with E-state index in [1.807, 2.05) is 0 Å². The van der Waals surface area contributed by atoms with Gasteiger partial charge in [-0.3, -0.25) is 0 Å². The van der Waals surface area contributed by atoms with Gasteiger partial charge in [-0.2, -0.15) is 0 Å². The Morgan fingerprint density at radius 2 is 0.803 bits per heavy atom. The molecule has 4 heterocycles. The predicted octanol–water partition coefficient (Wildman–Crippen LogP) is 9.99. The van der Waals surface area contributed by atoms with E-state index in [4.69, 9.17) is 9.47 Å². The molecule has 0 saturated carbocycles. The fourth-order valence-corrected chi connectivity index (χ4v) is 21.5. The summed E-state index contributed by atoms with van der Waals surface area (Å²) in [5.41, 5.74) is 10.0. The van der Waals surface area contributed by atoms with Crippen LogP contribution in [0, 0.1) is 0 Å². The van der Waals surface area contributed by atoms with Gasteiger partial charge in [-0.1, -0.05) is 36.4 Å². The Kier molecular flexibility index (Phi) is 8.22. The van der Waals surface area contributed by atoms with Crippen molar-refractivity contribution in [1.82, 2.24) is 9.13 Å². The van der Waals surface area contributed by atoms with Crippen LogP contribution in [0.3, 0.4) is 0 Å². The van der Waals surface area contributed by atoms with Gasteiger partial charge >= 0.3 is 309 Å². The Bertz CT molecular complexity index is 3730. The molecule has 2 aromatic heterocycles. The third-order valence-corrected chi connectivity index (χ3v) is 24.2. The van der Waals surface area contributed by atoms with E-state index in [1.54, 1.807) is 0 Å². The first-order chi connectivity index (χ1) is 32.8. The van der Waals surface area contributed by atoms with E-state index in [0.717, 1.165) is 72.8 Å². The van der Waals surface area contributed by atoms with E-state index < -0.39 is 13.3 Å². The Hall–Kier alpha value is -7.99. The molecule has 0 amide bonds. The summed E-state index contributed by atoms with van der Waals surface area (Å²) in [7, 11) is 0. The van der Waals surface area contributed by atoms with Crippen molar-refractivity contribution < 1.29 is 9.47 Å². The molecular formula is C60H39BGeN2O2. The van der Waals surface area contributed by atoms with E-state index in [1.165, 1.54) is 39.1 Å². The molecule has 10 aromatic carbocycles. The summed E-state index contributed by atoms with van der Waals surface area (Å²) in [6.45, 7) is 0.00342. The normalized spacial score (nSPS) is 12.8. The molecule has 0 unspecified atom stereocenters. The van der Waals surface area contributed by atoms with Crippen LogP contribution in [-0.2, 0) is 0 Å². The van der Waals surface area contributed by atoms with Crippen LogP contribution in [0.1, 0.15) is 0 Å². The number of ether oxygens (including phenoxy) is 2. The molecule has 0 fully saturated rings. The second-order valence-corrected chi connectivity index (χ2v) is 25.5. The van der Waals surface area contributed by atoms with E-state index in [9.17, 15) is 0 Å². The minimum absolute atomic E-state index is 0.00342. The van der Waals surface area contributed by atoms with Crippen LogP contribution in [0.15, 0.2) is 237 Å². The van der Waals surface area contributed by atoms with E-state index in [0.29, 0.717) is 0 Å². The van der Waals surface area contributed by atoms with Gasteiger partial charge in [0.05, 0.1) is 0 Å². The van der Waals surface area contributed by atoms with Crippen molar-refractivity contribution in [1.29, 1.82) is 0 Å². The average molecular weight is 903 g/mol. The summed E-state index contributed by atoms with van der Waals surface area (Å²) < 4.78 is 24.2. The van der Waals surface area contributed by atoms with Crippen molar-refractivity contribution in [3.8, 4) is 34.4 Å². The Labute approximate surface area is 385 Å². The molecule has 4 nitrogen and oxygen atoms in total. The summed E-state index contributed by atoms with van der Waals surface area (Å²) in [6.07, 6.45) is 0. The molecular weight excluding hydrogens is 864 g/mol. The van der Waals surface area contributed by atoms with Gasteiger partial charge in [-0.25, -0.2) is 0 Å². The molecule has 308 valence electrons. The Balaban J connectivity index is 1.04. The van der Waals surface area contributed by atoms with Gasteiger partial charge in [0, 0.05) is 0 Å². The first-order valence-corrected chi connectivity index (χ1v) is 26.9. The van der Waals surface area contributed by atoms with Gasteiger partial charge in [-0.05, 0) is 23.1 Å².